The van der Waals surface area contributed by atoms with Gasteiger partial charge in [0.2, 0.25) is 0 Å². The Morgan fingerprint density at radius 2 is 1.58 bits per heavy atom. The zero-order chi connectivity index (χ0) is 24.0. The second-order valence-electron chi connectivity index (χ2n) is 6.32. The molecule has 1 aromatic rings. The minimum atomic E-state index is -6.95. The van der Waals surface area contributed by atoms with E-state index in [9.17, 15) is 54.2 Å². The van der Waals surface area contributed by atoms with E-state index in [-0.39, 0.29) is 5.92 Å². The Hall–Kier alpha value is -2.51. The fraction of sp³-hybridized carbons (Fsp3) is 0.600. The lowest BCUT2D eigenvalue weighted by molar-refractivity contribution is -0.402. The molecule has 1 fully saturated rings. The van der Waals surface area contributed by atoms with E-state index in [0.717, 1.165) is 5.92 Å². The number of nitrogens with zero attached hydrogens (tertiary/aromatic N) is 1. The van der Waals surface area contributed by atoms with Crippen molar-refractivity contribution in [2.45, 2.75) is 43.4 Å². The van der Waals surface area contributed by atoms with Crippen molar-refractivity contribution in [3.8, 4) is 11.8 Å². The van der Waals surface area contributed by atoms with Crippen LogP contribution in [0.1, 0.15) is 18.2 Å². The van der Waals surface area contributed by atoms with Gasteiger partial charge in [-0.05, 0) is 0 Å². The molecule has 174 valence electrons. The number of nitrogens with one attached hydrogen (secondary N) is 1. The van der Waals surface area contributed by atoms with E-state index in [0.29, 0.717) is 10.8 Å². The number of aromatic amines is 1. The Morgan fingerprint density at radius 1 is 1.06 bits per heavy atom. The van der Waals surface area contributed by atoms with Crippen molar-refractivity contribution in [1.29, 1.82) is 0 Å². The highest BCUT2D eigenvalue weighted by molar-refractivity contribution is 5.35. The maximum absolute atomic E-state index is 12.9. The van der Waals surface area contributed by atoms with Crippen LogP contribution in [0.3, 0.4) is 0 Å². The molecule has 7 nitrogen and oxygen atoms in total. The smallest absolute Gasteiger partial charge is 0.394 e. The summed E-state index contributed by atoms with van der Waals surface area (Å²) < 4.78 is 122. The summed E-state index contributed by atoms with van der Waals surface area (Å²) in [7, 11) is 0. The van der Waals surface area contributed by atoms with E-state index in [1.54, 1.807) is 0 Å². The highest BCUT2D eigenvalue weighted by atomic mass is 19.4. The van der Waals surface area contributed by atoms with Crippen LogP contribution in [0.5, 0.6) is 0 Å². The van der Waals surface area contributed by atoms with Crippen molar-refractivity contribution in [2.24, 2.45) is 5.41 Å². The van der Waals surface area contributed by atoms with Gasteiger partial charge in [-0.25, -0.2) is 4.79 Å². The standard InChI is InChI=1S/C15H11F9N2O5/c16-13(17,18)12(14(19,20)21,15(22,23)24)2-1-6-4-26(11(30)25-10(6)29)9-3-7(28)8(5-27)31-9/h4,7-9,27-28H,3,5H2,(H,25,29,30)/t7-,8+,9+/m0/s1. The second kappa shape index (κ2) is 7.88. The van der Waals surface area contributed by atoms with Crippen LogP contribution in [-0.4, -0.2) is 57.1 Å². The largest absolute Gasteiger partial charge is 0.423 e. The van der Waals surface area contributed by atoms with Crippen LogP contribution in [0, 0.1) is 17.3 Å². The van der Waals surface area contributed by atoms with Gasteiger partial charge in [-0.15, -0.1) is 0 Å². The molecule has 2 heterocycles. The van der Waals surface area contributed by atoms with Crippen molar-refractivity contribution in [2.75, 3.05) is 6.61 Å². The molecular formula is C15H11F9N2O5. The number of ether oxygens (including phenoxy) is 1. The lowest BCUT2D eigenvalue weighted by Gasteiger charge is -2.34. The summed E-state index contributed by atoms with van der Waals surface area (Å²) in [6.45, 7) is -0.728. The summed E-state index contributed by atoms with van der Waals surface area (Å²) in [4.78, 5) is 25.0. The van der Waals surface area contributed by atoms with Crippen molar-refractivity contribution >= 4 is 0 Å². The maximum atomic E-state index is 12.9. The summed E-state index contributed by atoms with van der Waals surface area (Å²) in [5.41, 5.74) is -10.8. The average molecular weight is 470 g/mol. The van der Waals surface area contributed by atoms with Crippen LogP contribution in [0.4, 0.5) is 39.5 Å². The number of aliphatic hydroxyl groups is 2. The van der Waals surface area contributed by atoms with Crippen molar-refractivity contribution in [3.63, 3.8) is 0 Å². The third-order valence-electron chi connectivity index (χ3n) is 4.32. The zero-order valence-corrected chi connectivity index (χ0v) is 14.7. The summed E-state index contributed by atoms with van der Waals surface area (Å²) in [6, 6.07) is 0. The number of hydrogen-bond donors (Lipinski definition) is 3. The molecule has 0 aromatic carbocycles. The number of aliphatic hydroxyl groups excluding tert-OH is 2. The molecule has 16 heteroatoms. The molecule has 3 atom stereocenters. The minimum Gasteiger partial charge on any atom is -0.394 e. The minimum absolute atomic E-state index is 0.0857. The Balaban J connectivity index is 2.66. The lowest BCUT2D eigenvalue weighted by Crippen LogP contribution is -2.58. The number of H-pyrrole nitrogens is 1. The molecule has 1 saturated heterocycles. The summed E-state index contributed by atoms with van der Waals surface area (Å²) in [6.07, 6.45) is -25.0. The molecular weight excluding hydrogens is 459 g/mol. The highest BCUT2D eigenvalue weighted by Crippen LogP contribution is 2.58. The predicted molar refractivity (Wildman–Crippen MR) is 80.4 cm³/mol. The average Bonchev–Trinajstić information content (AvgIpc) is 2.93. The van der Waals surface area contributed by atoms with E-state index in [2.05, 4.69) is 0 Å². The first-order valence-corrected chi connectivity index (χ1v) is 7.99. The van der Waals surface area contributed by atoms with Crippen LogP contribution in [-0.2, 0) is 4.74 Å². The van der Waals surface area contributed by atoms with Gasteiger partial charge < -0.3 is 14.9 Å². The van der Waals surface area contributed by atoms with Gasteiger partial charge in [0.05, 0.1) is 12.7 Å². The number of alkyl halides is 9. The Bertz CT molecular complexity index is 960. The van der Waals surface area contributed by atoms with E-state index >= 15 is 0 Å². The number of rotatable bonds is 2. The topological polar surface area (TPSA) is 105 Å². The molecule has 2 rings (SSSR count). The van der Waals surface area contributed by atoms with E-state index in [4.69, 9.17) is 9.84 Å². The predicted octanol–water partition coefficient (Wildman–Crippen LogP) is 1.20. The summed E-state index contributed by atoms with van der Waals surface area (Å²) >= 11 is 0. The van der Waals surface area contributed by atoms with Gasteiger partial charge in [-0.1, -0.05) is 11.8 Å². The molecule has 1 aliphatic heterocycles. The van der Waals surface area contributed by atoms with Gasteiger partial charge in [-0.3, -0.25) is 14.3 Å². The Kier molecular flexibility index (Phi) is 6.29. The molecule has 0 unspecified atom stereocenters. The van der Waals surface area contributed by atoms with Gasteiger partial charge in [-0.2, -0.15) is 39.5 Å². The summed E-state index contributed by atoms with van der Waals surface area (Å²) in [5.74, 6) is 1.01. The second-order valence-corrected chi connectivity index (χ2v) is 6.32. The molecule has 0 radical (unpaired) electrons. The lowest BCUT2D eigenvalue weighted by atomic mass is 9.85. The van der Waals surface area contributed by atoms with Gasteiger partial charge in [0.25, 0.3) is 5.56 Å². The third kappa shape index (κ3) is 4.29. The third-order valence-corrected chi connectivity index (χ3v) is 4.32. The van der Waals surface area contributed by atoms with Crippen LogP contribution in [0.25, 0.3) is 0 Å². The van der Waals surface area contributed by atoms with E-state index in [1.807, 2.05) is 0 Å². The van der Waals surface area contributed by atoms with Crippen molar-refractivity contribution < 1.29 is 54.5 Å². The molecule has 0 saturated carbocycles. The number of aromatic nitrogens is 2. The van der Waals surface area contributed by atoms with Gasteiger partial charge in [0.1, 0.15) is 17.9 Å². The molecule has 31 heavy (non-hydrogen) atoms. The normalized spacial score (nSPS) is 22.9. The molecule has 0 amide bonds. The number of hydrogen-bond acceptors (Lipinski definition) is 5. The SMILES string of the molecule is O=c1[nH]c(=O)n([C@H]2C[C@H](O)[C@@H](CO)O2)cc1C#CC(C(F)(F)F)(C(F)(F)F)C(F)(F)F. The molecule has 0 spiro atoms. The summed E-state index contributed by atoms with van der Waals surface area (Å²) in [5, 5.41) is 18.6. The maximum Gasteiger partial charge on any atom is 0.423 e. The first kappa shape index (κ1) is 24.8. The van der Waals surface area contributed by atoms with Gasteiger partial charge in [0, 0.05) is 12.6 Å². The first-order valence-electron chi connectivity index (χ1n) is 7.99. The van der Waals surface area contributed by atoms with Crippen LogP contribution >= 0.6 is 0 Å². The molecule has 0 aliphatic carbocycles. The molecule has 3 N–H and O–H groups in total. The van der Waals surface area contributed by atoms with Crippen LogP contribution in [0.15, 0.2) is 15.8 Å². The highest BCUT2D eigenvalue weighted by Gasteiger charge is 2.83. The fourth-order valence-corrected chi connectivity index (χ4v) is 2.69. The quantitative estimate of drug-likeness (QED) is 0.446. The Labute approximate surface area is 165 Å². The number of halogens is 9. The molecule has 1 aromatic heterocycles. The van der Waals surface area contributed by atoms with E-state index < -0.39 is 72.2 Å². The van der Waals surface area contributed by atoms with Crippen molar-refractivity contribution in [3.05, 3.63) is 32.6 Å². The van der Waals surface area contributed by atoms with Crippen molar-refractivity contribution in [1.82, 2.24) is 9.55 Å². The van der Waals surface area contributed by atoms with Gasteiger partial charge in [0.15, 0.2) is 0 Å². The van der Waals surface area contributed by atoms with Crippen LogP contribution < -0.4 is 11.2 Å². The fourth-order valence-electron chi connectivity index (χ4n) is 2.69. The van der Waals surface area contributed by atoms with Crippen LogP contribution in [0.2, 0.25) is 0 Å². The monoisotopic (exact) mass is 470 g/mol. The Morgan fingerprint density at radius 3 is 2.00 bits per heavy atom. The molecule has 1 aliphatic rings. The molecule has 0 bridgehead atoms. The zero-order valence-electron chi connectivity index (χ0n) is 14.7. The first-order chi connectivity index (χ1) is 14.0. The van der Waals surface area contributed by atoms with Gasteiger partial charge >= 0.3 is 29.6 Å². The van der Waals surface area contributed by atoms with E-state index in [1.165, 1.54) is 4.98 Å².